The number of halogens is 2. The van der Waals surface area contributed by atoms with Crippen LogP contribution < -0.4 is 4.90 Å². The van der Waals surface area contributed by atoms with Crippen molar-refractivity contribution in [2.45, 2.75) is 27.7 Å². The molecule has 0 spiro atoms. The first-order chi connectivity index (χ1) is 16.2. The molecule has 0 saturated heterocycles. The SMILES string of the molecule is CCOC(=O)C1=C(C)N(c2ccc(Cl)cc2)C(=O)/C1=C\c1cc(C)n(-c2ccc(F)cc2)c1C. The second kappa shape index (κ2) is 9.31. The van der Waals surface area contributed by atoms with Crippen molar-refractivity contribution in [3.63, 3.8) is 0 Å². The summed E-state index contributed by atoms with van der Waals surface area (Å²) >= 11 is 6.02. The lowest BCUT2D eigenvalue weighted by Gasteiger charge is -2.18. The van der Waals surface area contributed by atoms with Gasteiger partial charge in [0.25, 0.3) is 5.91 Å². The average molecular weight is 479 g/mol. The molecule has 3 aromatic rings. The summed E-state index contributed by atoms with van der Waals surface area (Å²) in [5.41, 5.74) is 4.93. The fourth-order valence-corrected chi connectivity index (χ4v) is 4.39. The van der Waals surface area contributed by atoms with Crippen molar-refractivity contribution in [1.29, 1.82) is 0 Å². The highest BCUT2D eigenvalue weighted by Gasteiger charge is 2.38. The Balaban J connectivity index is 1.84. The van der Waals surface area contributed by atoms with Gasteiger partial charge in [-0.15, -0.1) is 0 Å². The highest BCUT2D eigenvalue weighted by molar-refractivity contribution is 6.30. The molecule has 5 nitrogen and oxygen atoms in total. The third-order valence-electron chi connectivity index (χ3n) is 5.82. The highest BCUT2D eigenvalue weighted by atomic mass is 35.5. The third-order valence-corrected chi connectivity index (χ3v) is 6.07. The number of ether oxygens (including phenoxy) is 1. The van der Waals surface area contributed by atoms with Gasteiger partial charge in [0, 0.05) is 33.5 Å². The number of carbonyl (C=O) groups excluding carboxylic acids is 2. The molecule has 0 bridgehead atoms. The van der Waals surface area contributed by atoms with Crippen LogP contribution in [0.3, 0.4) is 0 Å². The number of carbonyl (C=O) groups is 2. The molecule has 0 atom stereocenters. The van der Waals surface area contributed by atoms with Crippen molar-refractivity contribution >= 4 is 35.2 Å². The number of aryl methyl sites for hydroxylation is 1. The minimum absolute atomic E-state index is 0.192. The molecule has 0 saturated carbocycles. The number of esters is 1. The lowest BCUT2D eigenvalue weighted by molar-refractivity contribution is -0.138. The van der Waals surface area contributed by atoms with Gasteiger partial charge in [-0.2, -0.15) is 0 Å². The molecule has 0 unspecified atom stereocenters. The fourth-order valence-electron chi connectivity index (χ4n) is 4.26. The Labute approximate surface area is 202 Å². The van der Waals surface area contributed by atoms with Crippen molar-refractivity contribution in [2.75, 3.05) is 11.5 Å². The summed E-state index contributed by atoms with van der Waals surface area (Å²) in [5, 5.41) is 0.548. The van der Waals surface area contributed by atoms with Gasteiger partial charge in [-0.05, 0) is 93.9 Å². The molecule has 2 aromatic carbocycles. The van der Waals surface area contributed by atoms with E-state index in [1.165, 1.54) is 17.0 Å². The smallest absolute Gasteiger partial charge is 0.340 e. The van der Waals surface area contributed by atoms with E-state index in [9.17, 15) is 14.0 Å². The van der Waals surface area contributed by atoms with E-state index in [1.54, 1.807) is 56.3 Å². The first-order valence-corrected chi connectivity index (χ1v) is 11.3. The van der Waals surface area contributed by atoms with Gasteiger partial charge in [0.15, 0.2) is 0 Å². The van der Waals surface area contributed by atoms with Crippen LogP contribution in [0, 0.1) is 19.7 Å². The molecular formula is C27H24ClFN2O3. The molecule has 0 fully saturated rings. The third kappa shape index (κ3) is 4.17. The van der Waals surface area contributed by atoms with Crippen LogP contribution in [-0.4, -0.2) is 23.1 Å². The maximum atomic E-state index is 13.6. The van der Waals surface area contributed by atoms with Crippen LogP contribution in [0.25, 0.3) is 11.8 Å². The number of hydrogen-bond donors (Lipinski definition) is 0. The van der Waals surface area contributed by atoms with Gasteiger partial charge in [-0.25, -0.2) is 9.18 Å². The molecule has 4 rings (SSSR count). The molecule has 0 aliphatic carbocycles. The van der Waals surface area contributed by atoms with Crippen LogP contribution in [0.2, 0.25) is 5.02 Å². The van der Waals surface area contributed by atoms with Crippen LogP contribution >= 0.6 is 11.6 Å². The standard InChI is InChI=1S/C27H24ClFN2O3/c1-5-34-27(33)25-18(4)31(23-10-6-20(28)7-11-23)26(32)24(25)15-19-14-16(2)30(17(19)3)22-12-8-21(29)9-13-22/h6-15H,5H2,1-4H3/b24-15-. The molecule has 1 aromatic heterocycles. The molecule has 2 heterocycles. The molecule has 1 aliphatic heterocycles. The van der Waals surface area contributed by atoms with E-state index in [2.05, 4.69) is 0 Å². The Kier molecular flexibility index (Phi) is 6.44. The van der Waals surface area contributed by atoms with Crippen LogP contribution in [0.4, 0.5) is 10.1 Å². The van der Waals surface area contributed by atoms with Gasteiger partial charge in [0.2, 0.25) is 0 Å². The van der Waals surface area contributed by atoms with Crippen molar-refractivity contribution in [3.05, 3.63) is 99.2 Å². The Morgan fingerprint density at radius 2 is 1.65 bits per heavy atom. The van der Waals surface area contributed by atoms with Gasteiger partial charge in [-0.1, -0.05) is 11.6 Å². The van der Waals surface area contributed by atoms with Gasteiger partial charge in [-0.3, -0.25) is 9.69 Å². The largest absolute Gasteiger partial charge is 0.462 e. The molecule has 0 N–H and O–H groups in total. The predicted octanol–water partition coefficient (Wildman–Crippen LogP) is 6.15. The number of aromatic nitrogens is 1. The van der Waals surface area contributed by atoms with E-state index in [-0.39, 0.29) is 29.5 Å². The van der Waals surface area contributed by atoms with Gasteiger partial charge in [0.05, 0.1) is 17.8 Å². The van der Waals surface area contributed by atoms with E-state index in [1.807, 2.05) is 24.5 Å². The number of hydrogen-bond acceptors (Lipinski definition) is 3. The topological polar surface area (TPSA) is 51.5 Å². The Hall–Kier alpha value is -3.64. The highest BCUT2D eigenvalue weighted by Crippen LogP contribution is 2.36. The van der Waals surface area contributed by atoms with Gasteiger partial charge >= 0.3 is 5.97 Å². The Bertz CT molecular complexity index is 1340. The number of anilines is 1. The molecular weight excluding hydrogens is 455 g/mol. The lowest BCUT2D eigenvalue weighted by Crippen LogP contribution is -2.24. The second-order valence-corrected chi connectivity index (χ2v) is 8.43. The Morgan fingerprint density at radius 3 is 2.26 bits per heavy atom. The van der Waals surface area contributed by atoms with Crippen LogP contribution in [0.5, 0.6) is 0 Å². The average Bonchev–Trinajstić information content (AvgIpc) is 3.21. The summed E-state index contributed by atoms with van der Waals surface area (Å²) in [6, 6.07) is 15.0. The summed E-state index contributed by atoms with van der Waals surface area (Å²) < 4.78 is 20.7. The zero-order valence-electron chi connectivity index (χ0n) is 19.4. The summed E-state index contributed by atoms with van der Waals surface area (Å²) in [7, 11) is 0. The van der Waals surface area contributed by atoms with E-state index in [0.29, 0.717) is 16.4 Å². The van der Waals surface area contributed by atoms with E-state index >= 15 is 0 Å². The number of benzene rings is 2. The quantitative estimate of drug-likeness (QED) is 0.326. The summed E-state index contributed by atoms with van der Waals surface area (Å²) in [5.74, 6) is -1.19. The van der Waals surface area contributed by atoms with Crippen molar-refractivity contribution in [1.82, 2.24) is 4.57 Å². The Morgan fingerprint density at radius 1 is 1.03 bits per heavy atom. The van der Waals surface area contributed by atoms with E-state index in [4.69, 9.17) is 16.3 Å². The minimum Gasteiger partial charge on any atom is -0.462 e. The summed E-state index contributed by atoms with van der Waals surface area (Å²) in [6.45, 7) is 7.49. The predicted molar refractivity (Wildman–Crippen MR) is 131 cm³/mol. The maximum Gasteiger partial charge on any atom is 0.340 e. The van der Waals surface area contributed by atoms with Gasteiger partial charge in [0.1, 0.15) is 5.82 Å². The van der Waals surface area contributed by atoms with E-state index < -0.39 is 5.97 Å². The van der Waals surface area contributed by atoms with Crippen LogP contribution in [0.15, 0.2) is 71.4 Å². The summed E-state index contributed by atoms with van der Waals surface area (Å²) in [4.78, 5) is 27.9. The molecule has 1 aliphatic rings. The van der Waals surface area contributed by atoms with Crippen molar-refractivity contribution in [3.8, 4) is 5.69 Å². The zero-order chi connectivity index (χ0) is 24.6. The molecule has 1 amide bonds. The second-order valence-electron chi connectivity index (χ2n) is 7.99. The number of allylic oxidation sites excluding steroid dienone is 1. The first kappa shape index (κ1) is 23.5. The minimum atomic E-state index is -0.552. The number of nitrogens with zero attached hydrogens (tertiary/aromatic N) is 2. The van der Waals surface area contributed by atoms with E-state index in [0.717, 1.165) is 22.6 Å². The molecule has 34 heavy (non-hydrogen) atoms. The van der Waals surface area contributed by atoms with Crippen molar-refractivity contribution in [2.24, 2.45) is 0 Å². The van der Waals surface area contributed by atoms with Crippen LogP contribution in [0.1, 0.15) is 30.8 Å². The number of amides is 1. The first-order valence-electron chi connectivity index (χ1n) is 10.9. The zero-order valence-corrected chi connectivity index (χ0v) is 20.1. The van der Waals surface area contributed by atoms with Crippen LogP contribution in [-0.2, 0) is 14.3 Å². The van der Waals surface area contributed by atoms with Crippen molar-refractivity contribution < 1.29 is 18.7 Å². The molecule has 7 heteroatoms. The number of rotatable bonds is 5. The maximum absolute atomic E-state index is 13.6. The molecule has 174 valence electrons. The normalized spacial score (nSPS) is 14.9. The van der Waals surface area contributed by atoms with Gasteiger partial charge < -0.3 is 9.30 Å². The monoisotopic (exact) mass is 478 g/mol. The molecule has 0 radical (unpaired) electrons. The lowest BCUT2D eigenvalue weighted by atomic mass is 10.0. The summed E-state index contributed by atoms with van der Waals surface area (Å²) in [6.07, 6.45) is 1.72. The fraction of sp³-hybridized carbons (Fsp3) is 0.185.